The van der Waals surface area contributed by atoms with Crippen LogP contribution in [0.3, 0.4) is 0 Å². The van der Waals surface area contributed by atoms with Crippen molar-refractivity contribution in [2.24, 2.45) is 5.92 Å². The Morgan fingerprint density at radius 2 is 1.79 bits per heavy atom. The normalized spacial score (nSPS) is 9.14. The summed E-state index contributed by atoms with van der Waals surface area (Å²) in [5.74, 6) is 0.211. The second-order valence-electron chi connectivity index (χ2n) is 2.86. The highest BCUT2D eigenvalue weighted by Gasteiger charge is 2.06. The Bertz CT molecular complexity index is 356. The molecule has 1 rings (SSSR count). The van der Waals surface area contributed by atoms with Crippen LogP contribution in [-0.2, 0) is 6.42 Å². The molecule has 0 radical (unpaired) electrons. The molecule has 0 aliphatic rings. The Balaban J connectivity index is 2.70. The predicted octanol–water partition coefficient (Wildman–Crippen LogP) is 1.90. The third-order valence-electron chi connectivity index (χ3n) is 1.91. The van der Waals surface area contributed by atoms with Gasteiger partial charge in [0.15, 0.2) is 0 Å². The van der Waals surface area contributed by atoms with E-state index in [1.807, 2.05) is 36.4 Å². The van der Waals surface area contributed by atoms with Gasteiger partial charge in [-0.15, -0.1) is 0 Å². The molecule has 1 aromatic carbocycles. The van der Waals surface area contributed by atoms with Crippen molar-refractivity contribution >= 4 is 0 Å². The highest BCUT2D eigenvalue weighted by Crippen LogP contribution is 2.14. The van der Waals surface area contributed by atoms with E-state index in [2.05, 4.69) is 0 Å². The van der Waals surface area contributed by atoms with E-state index in [1.54, 1.807) is 7.11 Å². The molecule has 0 atom stereocenters. The van der Waals surface area contributed by atoms with E-state index in [-0.39, 0.29) is 0 Å². The lowest BCUT2D eigenvalue weighted by Gasteiger charge is -2.02. The number of benzene rings is 1. The average Bonchev–Trinajstić information content (AvgIpc) is 2.26. The highest BCUT2D eigenvalue weighted by molar-refractivity contribution is 5.28. The highest BCUT2D eigenvalue weighted by atomic mass is 16.5. The number of nitriles is 2. The fourth-order valence-electron chi connectivity index (χ4n) is 1.12. The van der Waals surface area contributed by atoms with Gasteiger partial charge in [0, 0.05) is 6.42 Å². The third-order valence-corrected chi connectivity index (χ3v) is 1.91. The van der Waals surface area contributed by atoms with Crippen molar-refractivity contribution in [1.82, 2.24) is 0 Å². The molecule has 14 heavy (non-hydrogen) atoms. The molecule has 0 unspecified atom stereocenters. The van der Waals surface area contributed by atoms with E-state index >= 15 is 0 Å². The number of hydrogen-bond acceptors (Lipinski definition) is 3. The van der Waals surface area contributed by atoms with Crippen LogP contribution in [0.5, 0.6) is 5.75 Å². The molecule has 0 N–H and O–H groups in total. The van der Waals surface area contributed by atoms with Gasteiger partial charge in [-0.25, -0.2) is 0 Å². The van der Waals surface area contributed by atoms with Crippen LogP contribution in [0.4, 0.5) is 0 Å². The van der Waals surface area contributed by atoms with Crippen molar-refractivity contribution in [3.05, 3.63) is 29.8 Å². The van der Waals surface area contributed by atoms with Crippen LogP contribution in [0.1, 0.15) is 5.56 Å². The molecule has 0 spiro atoms. The fourth-order valence-corrected chi connectivity index (χ4v) is 1.12. The summed E-state index contributed by atoms with van der Waals surface area (Å²) in [6.45, 7) is 0. The lowest BCUT2D eigenvalue weighted by Crippen LogP contribution is -1.98. The van der Waals surface area contributed by atoms with Gasteiger partial charge < -0.3 is 4.74 Å². The smallest absolute Gasteiger partial charge is 0.137 e. The summed E-state index contributed by atoms with van der Waals surface area (Å²) < 4.78 is 5.00. The number of nitrogens with zero attached hydrogens (tertiary/aromatic N) is 2. The molecule has 0 saturated carbocycles. The number of methoxy groups -OCH3 is 1. The fraction of sp³-hybridized carbons (Fsp3) is 0.273. The van der Waals surface area contributed by atoms with Crippen LogP contribution in [0.15, 0.2) is 24.3 Å². The zero-order valence-electron chi connectivity index (χ0n) is 7.90. The summed E-state index contributed by atoms with van der Waals surface area (Å²) in [5, 5.41) is 17.2. The molecule has 3 heteroatoms. The quantitative estimate of drug-likeness (QED) is 0.724. The maximum absolute atomic E-state index is 8.59. The Labute approximate surface area is 83.2 Å². The Morgan fingerprint density at radius 1 is 1.21 bits per heavy atom. The molecule has 0 heterocycles. The molecule has 70 valence electrons. The molecule has 0 aliphatic heterocycles. The first-order valence-electron chi connectivity index (χ1n) is 4.22. The largest absolute Gasteiger partial charge is 0.497 e. The van der Waals surface area contributed by atoms with Gasteiger partial charge in [0.2, 0.25) is 0 Å². The van der Waals surface area contributed by atoms with Gasteiger partial charge in [0.25, 0.3) is 0 Å². The lowest BCUT2D eigenvalue weighted by molar-refractivity contribution is 0.414. The summed E-state index contributed by atoms with van der Waals surface area (Å²) in [6.07, 6.45) is 0.469. The predicted molar refractivity (Wildman–Crippen MR) is 51.4 cm³/mol. The minimum absolute atomic E-state index is 0.469. The monoisotopic (exact) mass is 186 g/mol. The van der Waals surface area contributed by atoms with E-state index in [0.29, 0.717) is 6.42 Å². The minimum Gasteiger partial charge on any atom is -0.497 e. The molecule has 0 amide bonds. The molecule has 0 bridgehead atoms. The molecule has 0 aromatic heterocycles. The second-order valence-corrected chi connectivity index (χ2v) is 2.86. The molecular weight excluding hydrogens is 176 g/mol. The van der Waals surface area contributed by atoms with Crippen molar-refractivity contribution in [1.29, 1.82) is 10.5 Å². The first-order valence-corrected chi connectivity index (χ1v) is 4.22. The molecule has 1 aromatic rings. The summed E-state index contributed by atoms with van der Waals surface area (Å²) in [5.41, 5.74) is 0.971. The van der Waals surface area contributed by atoms with Crippen molar-refractivity contribution in [2.45, 2.75) is 6.42 Å². The Morgan fingerprint density at radius 3 is 2.21 bits per heavy atom. The summed E-state index contributed by atoms with van der Waals surface area (Å²) in [4.78, 5) is 0. The van der Waals surface area contributed by atoms with Crippen molar-refractivity contribution in [2.75, 3.05) is 7.11 Å². The lowest BCUT2D eigenvalue weighted by atomic mass is 10.0. The molecule has 0 fully saturated rings. The Kier molecular flexibility index (Phi) is 3.52. The molecular formula is C11H10N2O. The van der Waals surface area contributed by atoms with Gasteiger partial charge in [-0.3, -0.25) is 0 Å². The van der Waals surface area contributed by atoms with Gasteiger partial charge in [-0.2, -0.15) is 10.5 Å². The topological polar surface area (TPSA) is 56.8 Å². The van der Waals surface area contributed by atoms with Crippen molar-refractivity contribution in [3.8, 4) is 17.9 Å². The van der Waals surface area contributed by atoms with Crippen LogP contribution < -0.4 is 4.74 Å². The number of hydrogen-bond donors (Lipinski definition) is 0. The van der Waals surface area contributed by atoms with Crippen LogP contribution in [0, 0.1) is 28.6 Å². The summed E-state index contributed by atoms with van der Waals surface area (Å²) in [6, 6.07) is 11.2. The first kappa shape index (κ1) is 10.1. The second kappa shape index (κ2) is 4.89. The van der Waals surface area contributed by atoms with Gasteiger partial charge in [-0.05, 0) is 17.7 Å². The number of ether oxygens (including phenoxy) is 1. The average molecular weight is 186 g/mol. The SMILES string of the molecule is COc1ccc(CC(C#N)C#N)cc1. The zero-order chi connectivity index (χ0) is 10.4. The van der Waals surface area contributed by atoms with E-state index in [9.17, 15) is 0 Å². The Hall–Kier alpha value is -2.00. The molecule has 0 saturated heterocycles. The van der Waals surface area contributed by atoms with E-state index in [0.717, 1.165) is 11.3 Å². The standard InChI is InChI=1S/C11H10N2O/c1-14-11-4-2-9(3-5-11)6-10(7-12)8-13/h2-5,10H,6H2,1H3. The molecule has 0 aliphatic carbocycles. The maximum Gasteiger partial charge on any atom is 0.137 e. The van der Waals surface area contributed by atoms with E-state index in [4.69, 9.17) is 15.3 Å². The van der Waals surface area contributed by atoms with Gasteiger partial charge in [0.1, 0.15) is 11.7 Å². The minimum atomic E-state index is -0.566. The van der Waals surface area contributed by atoms with Gasteiger partial charge in [-0.1, -0.05) is 12.1 Å². The maximum atomic E-state index is 8.59. The van der Waals surface area contributed by atoms with Crippen molar-refractivity contribution < 1.29 is 4.74 Å². The van der Waals surface area contributed by atoms with Gasteiger partial charge in [0.05, 0.1) is 19.2 Å². The van der Waals surface area contributed by atoms with E-state index in [1.165, 1.54) is 0 Å². The third kappa shape index (κ3) is 2.50. The van der Waals surface area contributed by atoms with Crippen molar-refractivity contribution in [3.63, 3.8) is 0 Å². The first-order chi connectivity index (χ1) is 6.80. The van der Waals surface area contributed by atoms with Crippen LogP contribution in [-0.4, -0.2) is 7.11 Å². The summed E-state index contributed by atoms with van der Waals surface area (Å²) >= 11 is 0. The van der Waals surface area contributed by atoms with Crippen LogP contribution in [0.25, 0.3) is 0 Å². The zero-order valence-corrected chi connectivity index (χ0v) is 7.90. The molecule has 3 nitrogen and oxygen atoms in total. The van der Waals surface area contributed by atoms with Crippen LogP contribution in [0.2, 0.25) is 0 Å². The van der Waals surface area contributed by atoms with Gasteiger partial charge >= 0.3 is 0 Å². The van der Waals surface area contributed by atoms with E-state index < -0.39 is 5.92 Å². The number of rotatable bonds is 3. The van der Waals surface area contributed by atoms with Crippen LogP contribution >= 0.6 is 0 Å². The summed E-state index contributed by atoms with van der Waals surface area (Å²) in [7, 11) is 1.60.